The number of hydrogen-bond donors (Lipinski definition) is 1. The van der Waals surface area contributed by atoms with Gasteiger partial charge in [-0.1, -0.05) is 29.2 Å². The first-order valence-corrected chi connectivity index (χ1v) is 9.49. The number of hydrogen-bond acceptors (Lipinski definition) is 6. The van der Waals surface area contributed by atoms with Crippen LogP contribution < -0.4 is 10.2 Å². The van der Waals surface area contributed by atoms with Crippen molar-refractivity contribution in [3.05, 3.63) is 23.8 Å². The van der Waals surface area contributed by atoms with Crippen molar-refractivity contribution in [3.63, 3.8) is 0 Å². The summed E-state index contributed by atoms with van der Waals surface area (Å²) in [4.78, 5) is 30.6. The predicted octanol–water partition coefficient (Wildman–Crippen LogP) is 2.19. The maximum atomic E-state index is 12.2. The van der Waals surface area contributed by atoms with E-state index in [0.29, 0.717) is 13.1 Å². The Bertz CT molecular complexity index is 783. The summed E-state index contributed by atoms with van der Waals surface area (Å²) in [7, 11) is 0. The Labute approximate surface area is 142 Å². The molecule has 1 aromatic carbocycles. The highest BCUT2D eigenvalue weighted by Crippen LogP contribution is 2.33. The molecule has 2 aromatic rings. The van der Waals surface area contributed by atoms with Gasteiger partial charge in [0.15, 0.2) is 5.13 Å². The molecule has 2 fully saturated rings. The van der Waals surface area contributed by atoms with E-state index < -0.39 is 0 Å². The Morgan fingerprint density at radius 1 is 1.39 bits per heavy atom. The molecule has 23 heavy (non-hydrogen) atoms. The van der Waals surface area contributed by atoms with Gasteiger partial charge in [-0.2, -0.15) is 0 Å². The Kier molecular flexibility index (Phi) is 3.77. The number of nitrogens with one attached hydrogen (secondary N) is 1. The third kappa shape index (κ3) is 2.83. The van der Waals surface area contributed by atoms with Gasteiger partial charge in [0.05, 0.1) is 22.2 Å². The minimum absolute atomic E-state index is 0.000874. The molecule has 1 amide bonds. The van der Waals surface area contributed by atoms with Gasteiger partial charge in [-0.05, 0) is 31.0 Å². The van der Waals surface area contributed by atoms with Gasteiger partial charge in [0.1, 0.15) is 0 Å². The minimum Gasteiger partial charge on any atom is -0.346 e. The Morgan fingerprint density at radius 2 is 2.22 bits per heavy atom. The summed E-state index contributed by atoms with van der Waals surface area (Å²) in [6, 6.07) is 5.96. The number of benzene rings is 1. The second-order valence-electron chi connectivity index (χ2n) is 6.09. The van der Waals surface area contributed by atoms with Crippen molar-refractivity contribution in [1.29, 1.82) is 0 Å². The highest BCUT2D eigenvalue weighted by Gasteiger charge is 2.37. The topological polar surface area (TPSA) is 62.3 Å². The van der Waals surface area contributed by atoms with E-state index in [9.17, 15) is 9.59 Å². The van der Waals surface area contributed by atoms with Crippen LogP contribution in [0.15, 0.2) is 18.2 Å². The summed E-state index contributed by atoms with van der Waals surface area (Å²) in [5.74, 6) is 0.771. The van der Waals surface area contributed by atoms with Gasteiger partial charge in [-0.3, -0.25) is 9.59 Å². The fourth-order valence-electron chi connectivity index (χ4n) is 2.87. The number of thioether (sulfide) groups is 1. The standard InChI is InChI=1S/C16H17N3O2S2/c1-9-2-3-11-13(6-9)23-16(18-11)19-7-10(8-19)14(20)17-12-4-5-22-15(12)21/h2-3,6,10,12H,4-5,7-8H2,1H3,(H,17,20). The molecule has 3 heterocycles. The van der Waals surface area contributed by atoms with Gasteiger partial charge >= 0.3 is 0 Å². The largest absolute Gasteiger partial charge is 0.346 e. The van der Waals surface area contributed by atoms with E-state index in [-0.39, 0.29) is 23.0 Å². The number of nitrogens with zero attached hydrogens (tertiary/aromatic N) is 2. The van der Waals surface area contributed by atoms with Crippen molar-refractivity contribution in [2.24, 2.45) is 5.92 Å². The molecule has 7 heteroatoms. The molecule has 4 rings (SSSR count). The van der Waals surface area contributed by atoms with E-state index >= 15 is 0 Å². The van der Waals surface area contributed by atoms with Gasteiger partial charge in [0, 0.05) is 18.8 Å². The average molecular weight is 347 g/mol. The van der Waals surface area contributed by atoms with Crippen molar-refractivity contribution in [2.75, 3.05) is 23.7 Å². The molecular weight excluding hydrogens is 330 g/mol. The molecule has 1 aromatic heterocycles. The van der Waals surface area contributed by atoms with Crippen LogP contribution in [0.1, 0.15) is 12.0 Å². The number of carbonyl (C=O) groups excluding carboxylic acids is 2. The molecule has 120 valence electrons. The number of rotatable bonds is 3. The molecular formula is C16H17N3O2S2. The average Bonchev–Trinajstić information content (AvgIpc) is 3.03. The predicted molar refractivity (Wildman–Crippen MR) is 94.1 cm³/mol. The van der Waals surface area contributed by atoms with Crippen molar-refractivity contribution >= 4 is 49.5 Å². The number of fused-ring (bicyclic) bond motifs is 1. The van der Waals surface area contributed by atoms with E-state index in [0.717, 1.165) is 22.8 Å². The maximum Gasteiger partial charge on any atom is 0.227 e. The first-order chi connectivity index (χ1) is 11.1. The highest BCUT2D eigenvalue weighted by atomic mass is 32.2. The molecule has 1 unspecified atom stereocenters. The van der Waals surface area contributed by atoms with Crippen molar-refractivity contribution in [3.8, 4) is 0 Å². The Morgan fingerprint density at radius 3 is 2.96 bits per heavy atom. The van der Waals surface area contributed by atoms with Crippen LogP contribution in [-0.2, 0) is 9.59 Å². The van der Waals surface area contributed by atoms with E-state index in [2.05, 4.69) is 34.3 Å². The highest BCUT2D eigenvalue weighted by molar-refractivity contribution is 8.14. The number of amides is 1. The number of anilines is 1. The quantitative estimate of drug-likeness (QED) is 0.922. The van der Waals surface area contributed by atoms with Crippen molar-refractivity contribution in [2.45, 2.75) is 19.4 Å². The molecule has 1 N–H and O–H groups in total. The van der Waals surface area contributed by atoms with Crippen LogP contribution in [0.2, 0.25) is 0 Å². The zero-order valence-corrected chi connectivity index (χ0v) is 14.4. The minimum atomic E-state index is -0.285. The molecule has 0 spiro atoms. The molecule has 1 atom stereocenters. The van der Waals surface area contributed by atoms with E-state index in [1.807, 2.05) is 6.07 Å². The summed E-state index contributed by atoms with van der Waals surface area (Å²) in [6.45, 7) is 3.43. The Hall–Kier alpha value is -1.60. The van der Waals surface area contributed by atoms with Crippen LogP contribution in [0.3, 0.4) is 0 Å². The molecule has 0 radical (unpaired) electrons. The lowest BCUT2D eigenvalue weighted by atomic mass is 9.99. The van der Waals surface area contributed by atoms with Crippen LogP contribution in [0.4, 0.5) is 5.13 Å². The third-order valence-electron chi connectivity index (χ3n) is 4.31. The molecule has 0 saturated carbocycles. The van der Waals surface area contributed by atoms with Crippen LogP contribution in [-0.4, -0.2) is 40.9 Å². The van der Waals surface area contributed by atoms with Crippen LogP contribution in [0.5, 0.6) is 0 Å². The van der Waals surface area contributed by atoms with Crippen LogP contribution >= 0.6 is 23.1 Å². The van der Waals surface area contributed by atoms with Gasteiger partial charge in [0.25, 0.3) is 0 Å². The summed E-state index contributed by atoms with van der Waals surface area (Å²) >= 11 is 2.98. The smallest absolute Gasteiger partial charge is 0.227 e. The molecule has 2 aliphatic heterocycles. The lowest BCUT2D eigenvalue weighted by molar-refractivity contribution is -0.128. The molecule has 0 aliphatic carbocycles. The van der Waals surface area contributed by atoms with Crippen molar-refractivity contribution < 1.29 is 9.59 Å². The summed E-state index contributed by atoms with van der Waals surface area (Å²) in [5.41, 5.74) is 2.24. The van der Waals surface area contributed by atoms with Crippen LogP contribution in [0.25, 0.3) is 10.2 Å². The number of aryl methyl sites for hydroxylation is 1. The second kappa shape index (κ2) is 5.79. The first kappa shape index (κ1) is 15.0. The number of aromatic nitrogens is 1. The lowest BCUT2D eigenvalue weighted by Crippen LogP contribution is -2.55. The SMILES string of the molecule is Cc1ccc2nc(N3CC(C(=O)NC4CCSC4=O)C3)sc2c1. The number of thiazole rings is 1. The normalized spacial score (nSPS) is 21.7. The summed E-state index contributed by atoms with van der Waals surface area (Å²) in [6.07, 6.45) is 0.753. The summed E-state index contributed by atoms with van der Waals surface area (Å²) in [5, 5.41) is 3.95. The van der Waals surface area contributed by atoms with Gasteiger partial charge in [0.2, 0.25) is 11.0 Å². The fraction of sp³-hybridized carbons (Fsp3) is 0.438. The lowest BCUT2D eigenvalue weighted by Gasteiger charge is -2.38. The molecule has 5 nitrogen and oxygen atoms in total. The van der Waals surface area contributed by atoms with Gasteiger partial charge in [-0.25, -0.2) is 4.98 Å². The Balaban J connectivity index is 1.38. The van der Waals surface area contributed by atoms with E-state index in [1.54, 1.807) is 11.3 Å². The fourth-order valence-corrected chi connectivity index (χ4v) is 4.89. The van der Waals surface area contributed by atoms with E-state index in [1.165, 1.54) is 22.0 Å². The molecule has 2 saturated heterocycles. The third-order valence-corrected chi connectivity index (χ3v) is 6.40. The second-order valence-corrected chi connectivity index (χ2v) is 8.20. The number of carbonyl (C=O) groups is 2. The van der Waals surface area contributed by atoms with Gasteiger partial charge in [-0.15, -0.1) is 0 Å². The van der Waals surface area contributed by atoms with Crippen LogP contribution in [0, 0.1) is 12.8 Å². The summed E-state index contributed by atoms with van der Waals surface area (Å²) < 4.78 is 1.18. The molecule has 2 aliphatic rings. The zero-order chi connectivity index (χ0) is 16.0. The molecule has 0 bridgehead atoms. The first-order valence-electron chi connectivity index (χ1n) is 7.69. The maximum absolute atomic E-state index is 12.2. The van der Waals surface area contributed by atoms with Gasteiger partial charge < -0.3 is 10.2 Å². The monoisotopic (exact) mass is 347 g/mol. The van der Waals surface area contributed by atoms with Crippen molar-refractivity contribution in [1.82, 2.24) is 10.3 Å². The zero-order valence-electron chi connectivity index (χ0n) is 12.7. The van der Waals surface area contributed by atoms with E-state index in [4.69, 9.17) is 0 Å².